The van der Waals surface area contributed by atoms with E-state index in [0.717, 1.165) is 4.57 Å². The monoisotopic (exact) mass is 293 g/mol. The lowest BCUT2D eigenvalue weighted by Gasteiger charge is -2.14. The fourth-order valence-electron chi connectivity index (χ4n) is 2.46. The van der Waals surface area contributed by atoms with Crippen molar-refractivity contribution >= 4 is 17.0 Å². The molecular formula is C14H19N3O4. The summed E-state index contributed by atoms with van der Waals surface area (Å²) in [5, 5.41) is 0.334. The molecular weight excluding hydrogens is 274 g/mol. The van der Waals surface area contributed by atoms with Crippen molar-refractivity contribution in [1.82, 2.24) is 13.7 Å². The highest BCUT2D eigenvalue weighted by Crippen LogP contribution is 2.18. The molecule has 0 bridgehead atoms. The maximum Gasteiger partial charge on any atom is 0.354 e. The van der Waals surface area contributed by atoms with E-state index in [-0.39, 0.29) is 11.6 Å². The Balaban J connectivity index is 2.97. The van der Waals surface area contributed by atoms with Crippen LogP contribution in [-0.4, -0.2) is 26.8 Å². The van der Waals surface area contributed by atoms with E-state index in [1.165, 1.54) is 24.8 Å². The lowest BCUT2D eigenvalue weighted by molar-refractivity contribution is 0.0588. The highest BCUT2D eigenvalue weighted by atomic mass is 16.5. The van der Waals surface area contributed by atoms with Gasteiger partial charge in [-0.25, -0.2) is 9.59 Å². The largest absolute Gasteiger partial charge is 0.464 e. The van der Waals surface area contributed by atoms with Crippen LogP contribution in [0, 0.1) is 5.92 Å². The molecule has 0 aliphatic carbocycles. The highest BCUT2D eigenvalue weighted by Gasteiger charge is 2.21. The van der Waals surface area contributed by atoms with E-state index in [1.54, 1.807) is 11.6 Å². The van der Waals surface area contributed by atoms with Crippen molar-refractivity contribution in [3.8, 4) is 0 Å². The van der Waals surface area contributed by atoms with Crippen molar-refractivity contribution in [2.75, 3.05) is 7.11 Å². The second-order valence-electron chi connectivity index (χ2n) is 5.47. The SMILES string of the molecule is COC(=O)c1cc2c(=O)n(C)c(=O)n(C)c2n1CC(C)C. The van der Waals surface area contributed by atoms with Gasteiger partial charge in [0.05, 0.1) is 12.5 Å². The molecule has 2 rings (SSSR count). The summed E-state index contributed by atoms with van der Waals surface area (Å²) in [4.78, 5) is 36.3. The van der Waals surface area contributed by atoms with Crippen LogP contribution in [0.5, 0.6) is 0 Å². The maximum atomic E-state index is 12.2. The number of rotatable bonds is 3. The van der Waals surface area contributed by atoms with Gasteiger partial charge in [0.15, 0.2) is 0 Å². The molecule has 0 fully saturated rings. The van der Waals surface area contributed by atoms with Crippen molar-refractivity contribution < 1.29 is 9.53 Å². The fourth-order valence-corrected chi connectivity index (χ4v) is 2.46. The molecule has 21 heavy (non-hydrogen) atoms. The Morgan fingerprint density at radius 2 is 1.86 bits per heavy atom. The molecule has 0 unspecified atom stereocenters. The molecule has 0 radical (unpaired) electrons. The minimum atomic E-state index is -0.527. The number of carbonyl (C=O) groups is 1. The zero-order valence-corrected chi connectivity index (χ0v) is 12.8. The van der Waals surface area contributed by atoms with Crippen LogP contribution in [0.2, 0.25) is 0 Å². The lowest BCUT2D eigenvalue weighted by Crippen LogP contribution is -2.37. The number of hydrogen-bond donors (Lipinski definition) is 0. The Kier molecular flexibility index (Phi) is 3.76. The van der Waals surface area contributed by atoms with Gasteiger partial charge in [0, 0.05) is 20.6 Å². The van der Waals surface area contributed by atoms with Gasteiger partial charge < -0.3 is 9.30 Å². The quantitative estimate of drug-likeness (QED) is 0.771. The van der Waals surface area contributed by atoms with E-state index >= 15 is 0 Å². The first kappa shape index (κ1) is 15.1. The number of carbonyl (C=O) groups excluding carboxylic acids is 1. The van der Waals surface area contributed by atoms with E-state index in [1.807, 2.05) is 13.8 Å². The van der Waals surface area contributed by atoms with Gasteiger partial charge in [0.1, 0.15) is 11.3 Å². The van der Waals surface area contributed by atoms with Gasteiger partial charge in [-0.1, -0.05) is 13.8 Å². The number of aromatic nitrogens is 3. The Bertz CT molecular complexity index is 823. The van der Waals surface area contributed by atoms with Crippen LogP contribution in [0.4, 0.5) is 0 Å². The van der Waals surface area contributed by atoms with E-state index < -0.39 is 17.2 Å². The maximum absolute atomic E-state index is 12.2. The molecule has 0 aromatic carbocycles. The van der Waals surface area contributed by atoms with Crippen molar-refractivity contribution in [3.63, 3.8) is 0 Å². The topological polar surface area (TPSA) is 75.2 Å². The third-order valence-corrected chi connectivity index (χ3v) is 3.44. The van der Waals surface area contributed by atoms with E-state index in [0.29, 0.717) is 17.6 Å². The molecule has 0 N–H and O–H groups in total. The van der Waals surface area contributed by atoms with Gasteiger partial charge in [0.2, 0.25) is 0 Å². The van der Waals surface area contributed by atoms with Crippen molar-refractivity contribution in [2.24, 2.45) is 20.0 Å². The Morgan fingerprint density at radius 3 is 2.38 bits per heavy atom. The second kappa shape index (κ2) is 5.23. The van der Waals surface area contributed by atoms with Crippen LogP contribution >= 0.6 is 0 Å². The van der Waals surface area contributed by atoms with Gasteiger partial charge in [-0.3, -0.25) is 13.9 Å². The van der Waals surface area contributed by atoms with E-state index in [2.05, 4.69) is 0 Å². The van der Waals surface area contributed by atoms with Crippen LogP contribution in [0.15, 0.2) is 15.7 Å². The van der Waals surface area contributed by atoms with Gasteiger partial charge in [-0.15, -0.1) is 0 Å². The molecule has 0 aliphatic heterocycles. The molecule has 114 valence electrons. The fraction of sp³-hybridized carbons (Fsp3) is 0.500. The molecule has 7 nitrogen and oxygen atoms in total. The summed E-state index contributed by atoms with van der Waals surface area (Å²) in [6.45, 7) is 4.49. The second-order valence-corrected chi connectivity index (χ2v) is 5.47. The molecule has 7 heteroatoms. The Labute approximate surface area is 121 Å². The van der Waals surface area contributed by atoms with Crippen LogP contribution in [0.1, 0.15) is 24.3 Å². The van der Waals surface area contributed by atoms with Gasteiger partial charge in [-0.2, -0.15) is 0 Å². The summed E-state index contributed by atoms with van der Waals surface area (Å²) in [5.74, 6) is -0.287. The number of esters is 1. The number of aryl methyl sites for hydroxylation is 1. The molecule has 0 saturated carbocycles. The normalized spacial score (nSPS) is 11.3. The first-order valence-electron chi connectivity index (χ1n) is 6.67. The summed E-state index contributed by atoms with van der Waals surface area (Å²) in [6.07, 6.45) is 0. The first-order chi connectivity index (χ1) is 9.79. The Hall–Kier alpha value is -2.31. The summed E-state index contributed by atoms with van der Waals surface area (Å²) >= 11 is 0. The van der Waals surface area contributed by atoms with Gasteiger partial charge >= 0.3 is 11.7 Å². The average Bonchev–Trinajstić information content (AvgIpc) is 2.80. The summed E-state index contributed by atoms with van der Waals surface area (Å²) in [6, 6.07) is 1.49. The number of hydrogen-bond acceptors (Lipinski definition) is 4. The summed E-state index contributed by atoms with van der Waals surface area (Å²) in [5.41, 5.74) is -0.121. The molecule has 0 atom stereocenters. The predicted molar refractivity (Wildman–Crippen MR) is 78.6 cm³/mol. The molecule has 2 aromatic rings. The van der Waals surface area contributed by atoms with Crippen molar-refractivity contribution in [3.05, 3.63) is 32.6 Å². The van der Waals surface area contributed by atoms with E-state index in [4.69, 9.17) is 4.74 Å². The molecule has 0 saturated heterocycles. The van der Waals surface area contributed by atoms with Gasteiger partial charge in [0.25, 0.3) is 5.56 Å². The lowest BCUT2D eigenvalue weighted by atomic mass is 10.2. The third-order valence-electron chi connectivity index (χ3n) is 3.44. The average molecular weight is 293 g/mol. The van der Waals surface area contributed by atoms with Crippen LogP contribution in [0.25, 0.3) is 11.0 Å². The minimum Gasteiger partial charge on any atom is -0.464 e. The zero-order valence-electron chi connectivity index (χ0n) is 12.8. The first-order valence-corrected chi connectivity index (χ1v) is 6.67. The third kappa shape index (κ3) is 2.28. The van der Waals surface area contributed by atoms with Crippen LogP contribution < -0.4 is 11.2 Å². The van der Waals surface area contributed by atoms with Crippen molar-refractivity contribution in [1.29, 1.82) is 0 Å². The zero-order chi connectivity index (χ0) is 15.9. The van der Waals surface area contributed by atoms with Gasteiger partial charge in [-0.05, 0) is 12.0 Å². The number of methoxy groups -OCH3 is 1. The Morgan fingerprint density at radius 1 is 1.24 bits per heavy atom. The van der Waals surface area contributed by atoms with Crippen LogP contribution in [-0.2, 0) is 25.4 Å². The van der Waals surface area contributed by atoms with Crippen LogP contribution in [0.3, 0.4) is 0 Å². The standard InChI is InChI=1S/C14H19N3O4/c1-8(2)7-17-10(13(19)21-5)6-9-11(17)15(3)14(20)16(4)12(9)18/h6,8H,7H2,1-5H3. The highest BCUT2D eigenvalue weighted by molar-refractivity contribution is 5.94. The molecule has 0 aliphatic rings. The number of fused-ring (bicyclic) bond motifs is 1. The summed E-state index contributed by atoms with van der Waals surface area (Å²) < 4.78 is 8.86. The number of ether oxygens (including phenoxy) is 1. The molecule has 0 amide bonds. The smallest absolute Gasteiger partial charge is 0.354 e. The molecule has 2 aromatic heterocycles. The van der Waals surface area contributed by atoms with E-state index in [9.17, 15) is 14.4 Å². The predicted octanol–water partition coefficient (Wildman–Crippen LogP) is 0.481. The van der Waals surface area contributed by atoms with Crippen molar-refractivity contribution in [2.45, 2.75) is 20.4 Å². The number of nitrogens with zero attached hydrogens (tertiary/aromatic N) is 3. The summed E-state index contributed by atoms with van der Waals surface area (Å²) in [7, 11) is 4.29. The molecule has 0 spiro atoms. The minimum absolute atomic E-state index is 0.239. The molecule has 2 heterocycles.